The summed E-state index contributed by atoms with van der Waals surface area (Å²) in [7, 11) is 1.23. The zero-order chi connectivity index (χ0) is 14.7. The number of esters is 1. The molecule has 0 unspecified atom stereocenters. The summed E-state index contributed by atoms with van der Waals surface area (Å²) in [6, 6.07) is 2.55. The molecule has 106 valence electrons. The number of hydrogen-bond donors (Lipinski definition) is 1. The fourth-order valence-corrected chi connectivity index (χ4v) is 1.54. The van der Waals surface area contributed by atoms with Crippen molar-refractivity contribution in [2.24, 2.45) is 0 Å². The molecule has 0 aliphatic rings. The number of ether oxygens (including phenoxy) is 1. The highest BCUT2D eigenvalue weighted by molar-refractivity contribution is 5.88. The molecule has 0 atom stereocenters. The number of benzene rings is 1. The van der Waals surface area contributed by atoms with Gasteiger partial charge in [-0.2, -0.15) is 0 Å². The third-order valence-corrected chi connectivity index (χ3v) is 2.54. The van der Waals surface area contributed by atoms with Crippen LogP contribution in [0.25, 0.3) is 0 Å². The normalized spacial score (nSPS) is 10.4. The third-order valence-electron chi connectivity index (χ3n) is 2.54. The van der Waals surface area contributed by atoms with Crippen molar-refractivity contribution in [2.45, 2.75) is 6.54 Å². The van der Waals surface area contributed by atoms with Crippen molar-refractivity contribution < 1.29 is 27.1 Å². The second-order valence-electron chi connectivity index (χ2n) is 3.89. The molecular weight excluding hydrogens is 275 g/mol. The van der Waals surface area contributed by atoms with E-state index < -0.39 is 23.4 Å². The number of anilines is 1. The van der Waals surface area contributed by atoms with Crippen LogP contribution >= 0.6 is 0 Å². The lowest BCUT2D eigenvalue weighted by Gasteiger charge is -2.06. The molecule has 0 aliphatic carbocycles. The van der Waals surface area contributed by atoms with Crippen molar-refractivity contribution in [1.29, 1.82) is 0 Å². The molecule has 1 heterocycles. The van der Waals surface area contributed by atoms with Crippen molar-refractivity contribution in [3.63, 3.8) is 0 Å². The summed E-state index contributed by atoms with van der Waals surface area (Å²) in [6.45, 7) is -0.00101. The molecule has 0 saturated carbocycles. The predicted molar refractivity (Wildman–Crippen MR) is 63.7 cm³/mol. The van der Waals surface area contributed by atoms with Gasteiger partial charge in [0.1, 0.15) is 17.8 Å². The maximum Gasteiger partial charge on any atom is 0.341 e. The summed E-state index contributed by atoms with van der Waals surface area (Å²) in [4.78, 5) is 11.2. The Kier molecular flexibility index (Phi) is 3.97. The van der Waals surface area contributed by atoms with Gasteiger partial charge >= 0.3 is 5.97 Å². The highest BCUT2D eigenvalue weighted by atomic mass is 19.2. The number of halogens is 3. The molecule has 2 aromatic rings. The number of hydrogen-bond acceptors (Lipinski definition) is 4. The topological polar surface area (TPSA) is 51.5 Å². The summed E-state index contributed by atoms with van der Waals surface area (Å²) < 4.78 is 48.6. The molecule has 0 amide bonds. The number of carbonyl (C=O) groups excluding carboxylic acids is 1. The van der Waals surface area contributed by atoms with Gasteiger partial charge in [0.25, 0.3) is 0 Å². The van der Waals surface area contributed by atoms with Crippen molar-refractivity contribution in [3.05, 3.63) is 53.2 Å². The van der Waals surface area contributed by atoms with E-state index in [1.54, 1.807) is 0 Å². The minimum Gasteiger partial charge on any atom is -0.467 e. The number of methoxy groups -OCH3 is 1. The summed E-state index contributed by atoms with van der Waals surface area (Å²) in [6.07, 6.45) is 1.18. The Morgan fingerprint density at radius 1 is 1.20 bits per heavy atom. The van der Waals surface area contributed by atoms with Gasteiger partial charge in [0, 0.05) is 12.1 Å². The molecule has 7 heteroatoms. The fourth-order valence-electron chi connectivity index (χ4n) is 1.54. The SMILES string of the molecule is COC(=O)c1coc(CNc2cc(F)c(F)cc2F)c1. The van der Waals surface area contributed by atoms with Crippen LogP contribution in [0, 0.1) is 17.5 Å². The van der Waals surface area contributed by atoms with Gasteiger partial charge in [-0.25, -0.2) is 18.0 Å². The van der Waals surface area contributed by atoms with E-state index in [1.807, 2.05) is 0 Å². The molecule has 1 N–H and O–H groups in total. The van der Waals surface area contributed by atoms with E-state index in [0.717, 1.165) is 0 Å². The monoisotopic (exact) mass is 285 g/mol. The van der Waals surface area contributed by atoms with Gasteiger partial charge in [0.15, 0.2) is 11.6 Å². The number of furan rings is 1. The zero-order valence-electron chi connectivity index (χ0n) is 10.4. The molecule has 0 fully saturated rings. The molecule has 0 radical (unpaired) electrons. The molecule has 1 aromatic heterocycles. The number of carbonyl (C=O) groups is 1. The second kappa shape index (κ2) is 5.68. The smallest absolute Gasteiger partial charge is 0.341 e. The highest BCUT2D eigenvalue weighted by Gasteiger charge is 2.12. The van der Waals surface area contributed by atoms with Crippen LogP contribution in [0.1, 0.15) is 16.1 Å². The first kappa shape index (κ1) is 14.0. The van der Waals surface area contributed by atoms with E-state index in [4.69, 9.17) is 4.42 Å². The molecule has 0 saturated heterocycles. The first-order valence-electron chi connectivity index (χ1n) is 5.55. The first-order chi connectivity index (χ1) is 9.51. The van der Waals surface area contributed by atoms with Gasteiger partial charge in [0.05, 0.1) is 24.9 Å². The summed E-state index contributed by atoms with van der Waals surface area (Å²) in [5, 5.41) is 2.54. The Balaban J connectivity index is 2.07. The molecular formula is C13H10F3NO3. The lowest BCUT2D eigenvalue weighted by atomic mass is 10.2. The molecule has 0 spiro atoms. The fraction of sp³-hybridized carbons (Fsp3) is 0.154. The Labute approximate surface area is 112 Å². The maximum absolute atomic E-state index is 13.3. The Bertz CT molecular complexity index is 640. The van der Waals surface area contributed by atoms with E-state index in [2.05, 4.69) is 10.1 Å². The second-order valence-corrected chi connectivity index (χ2v) is 3.89. The van der Waals surface area contributed by atoms with Gasteiger partial charge < -0.3 is 14.5 Å². The standard InChI is InChI=1S/C13H10F3NO3/c1-19-13(18)7-2-8(20-6-7)5-17-12-4-10(15)9(14)3-11(12)16/h2-4,6,17H,5H2,1H3. The van der Waals surface area contributed by atoms with Crippen LogP contribution in [0.2, 0.25) is 0 Å². The summed E-state index contributed by atoms with van der Waals surface area (Å²) in [5.41, 5.74) is -0.00465. The van der Waals surface area contributed by atoms with Gasteiger partial charge in [-0.1, -0.05) is 0 Å². The molecule has 20 heavy (non-hydrogen) atoms. The summed E-state index contributed by atoms with van der Waals surface area (Å²) >= 11 is 0. The van der Waals surface area contributed by atoms with E-state index in [0.29, 0.717) is 17.9 Å². The van der Waals surface area contributed by atoms with Gasteiger partial charge in [-0.05, 0) is 6.07 Å². The Morgan fingerprint density at radius 2 is 1.90 bits per heavy atom. The minimum atomic E-state index is -1.26. The maximum atomic E-state index is 13.3. The molecule has 2 rings (SSSR count). The van der Waals surface area contributed by atoms with Gasteiger partial charge in [0.2, 0.25) is 0 Å². The van der Waals surface area contributed by atoms with Crippen LogP contribution in [0.4, 0.5) is 18.9 Å². The molecule has 0 aliphatic heterocycles. The van der Waals surface area contributed by atoms with Crippen LogP contribution in [-0.4, -0.2) is 13.1 Å². The van der Waals surface area contributed by atoms with E-state index >= 15 is 0 Å². The van der Waals surface area contributed by atoms with Crippen LogP contribution < -0.4 is 5.32 Å². The average Bonchev–Trinajstić information content (AvgIpc) is 2.89. The highest BCUT2D eigenvalue weighted by Crippen LogP contribution is 2.19. The molecule has 4 nitrogen and oxygen atoms in total. The number of rotatable bonds is 4. The quantitative estimate of drug-likeness (QED) is 0.692. The summed E-state index contributed by atoms with van der Waals surface area (Å²) in [5.74, 6) is -3.61. The molecule has 0 bridgehead atoms. The van der Waals surface area contributed by atoms with Gasteiger partial charge in [-0.3, -0.25) is 0 Å². The van der Waals surface area contributed by atoms with Crippen LogP contribution in [0.5, 0.6) is 0 Å². The Morgan fingerprint density at radius 3 is 2.60 bits per heavy atom. The zero-order valence-corrected chi connectivity index (χ0v) is 10.4. The van der Waals surface area contributed by atoms with E-state index in [9.17, 15) is 18.0 Å². The van der Waals surface area contributed by atoms with Crippen molar-refractivity contribution in [3.8, 4) is 0 Å². The van der Waals surface area contributed by atoms with Crippen molar-refractivity contribution in [2.75, 3.05) is 12.4 Å². The Hall–Kier alpha value is -2.44. The van der Waals surface area contributed by atoms with Crippen LogP contribution in [0.15, 0.2) is 28.9 Å². The van der Waals surface area contributed by atoms with Crippen LogP contribution in [0.3, 0.4) is 0 Å². The number of nitrogens with one attached hydrogen (secondary N) is 1. The lowest BCUT2D eigenvalue weighted by Crippen LogP contribution is -2.03. The minimum absolute atomic E-state index is 0.00101. The van der Waals surface area contributed by atoms with E-state index in [-0.39, 0.29) is 17.8 Å². The van der Waals surface area contributed by atoms with Gasteiger partial charge in [-0.15, -0.1) is 0 Å². The molecule has 1 aromatic carbocycles. The van der Waals surface area contributed by atoms with Crippen molar-refractivity contribution >= 4 is 11.7 Å². The predicted octanol–water partition coefficient (Wildman–Crippen LogP) is 3.10. The van der Waals surface area contributed by atoms with E-state index in [1.165, 1.54) is 19.4 Å². The van der Waals surface area contributed by atoms with Crippen molar-refractivity contribution in [1.82, 2.24) is 0 Å². The van der Waals surface area contributed by atoms with Crippen LogP contribution in [-0.2, 0) is 11.3 Å². The lowest BCUT2D eigenvalue weighted by molar-refractivity contribution is 0.0600. The average molecular weight is 285 g/mol. The first-order valence-corrected chi connectivity index (χ1v) is 5.55. The largest absolute Gasteiger partial charge is 0.467 e. The third kappa shape index (κ3) is 2.93.